The molecule has 1 aromatic carbocycles. The Kier molecular flexibility index (Phi) is 3.93. The molecule has 0 amide bonds. The normalized spacial score (nSPS) is 13.1. The standard InChI is InChI=1S/C13H18FN3O/c1-3-7-17-10-6-4-5-9(14)12(10)16-13(17)11(8-15)18-2/h4-6,11H,3,7-8,15H2,1-2H3. The van der Waals surface area contributed by atoms with Crippen molar-refractivity contribution < 1.29 is 9.13 Å². The molecule has 0 aliphatic rings. The number of rotatable bonds is 5. The number of fused-ring (bicyclic) bond motifs is 1. The Morgan fingerprint density at radius 1 is 1.50 bits per heavy atom. The fourth-order valence-corrected chi connectivity index (χ4v) is 2.14. The summed E-state index contributed by atoms with van der Waals surface area (Å²) < 4.78 is 21.0. The van der Waals surface area contributed by atoms with E-state index in [1.165, 1.54) is 6.07 Å². The number of halogens is 1. The summed E-state index contributed by atoms with van der Waals surface area (Å²) in [5, 5.41) is 0. The van der Waals surface area contributed by atoms with Crippen LogP contribution in [0.25, 0.3) is 11.0 Å². The number of imidazole rings is 1. The molecule has 0 bridgehead atoms. The minimum Gasteiger partial charge on any atom is -0.372 e. The Bertz CT molecular complexity index is 534. The van der Waals surface area contributed by atoms with Gasteiger partial charge in [0.1, 0.15) is 17.4 Å². The van der Waals surface area contributed by atoms with Crippen LogP contribution in [0.4, 0.5) is 4.39 Å². The van der Waals surface area contributed by atoms with E-state index in [4.69, 9.17) is 10.5 Å². The average Bonchev–Trinajstić information content (AvgIpc) is 2.73. The molecule has 2 aromatic rings. The molecule has 18 heavy (non-hydrogen) atoms. The van der Waals surface area contributed by atoms with Crippen LogP contribution >= 0.6 is 0 Å². The van der Waals surface area contributed by atoms with Crippen molar-refractivity contribution in [1.29, 1.82) is 0 Å². The third kappa shape index (κ3) is 2.11. The van der Waals surface area contributed by atoms with Crippen LogP contribution in [0.2, 0.25) is 0 Å². The molecular weight excluding hydrogens is 233 g/mol. The van der Waals surface area contributed by atoms with Crippen molar-refractivity contribution in [3.63, 3.8) is 0 Å². The monoisotopic (exact) mass is 251 g/mol. The highest BCUT2D eigenvalue weighted by atomic mass is 19.1. The van der Waals surface area contributed by atoms with E-state index in [2.05, 4.69) is 11.9 Å². The Morgan fingerprint density at radius 3 is 2.89 bits per heavy atom. The second-order valence-corrected chi connectivity index (χ2v) is 4.19. The first-order valence-electron chi connectivity index (χ1n) is 6.10. The van der Waals surface area contributed by atoms with Gasteiger partial charge in [-0.2, -0.15) is 0 Å². The number of para-hydroxylation sites is 1. The molecule has 0 saturated heterocycles. The van der Waals surface area contributed by atoms with E-state index >= 15 is 0 Å². The van der Waals surface area contributed by atoms with Gasteiger partial charge in [0, 0.05) is 20.2 Å². The van der Waals surface area contributed by atoms with Gasteiger partial charge in [-0.25, -0.2) is 9.37 Å². The minimum absolute atomic E-state index is 0.302. The van der Waals surface area contributed by atoms with Gasteiger partial charge >= 0.3 is 0 Å². The van der Waals surface area contributed by atoms with Crippen molar-refractivity contribution in [3.8, 4) is 0 Å². The lowest BCUT2D eigenvalue weighted by Gasteiger charge is -2.14. The molecule has 0 fully saturated rings. The molecule has 1 atom stereocenters. The van der Waals surface area contributed by atoms with E-state index < -0.39 is 0 Å². The van der Waals surface area contributed by atoms with Crippen molar-refractivity contribution in [1.82, 2.24) is 9.55 Å². The van der Waals surface area contributed by atoms with Gasteiger partial charge in [-0.15, -0.1) is 0 Å². The van der Waals surface area contributed by atoms with Crippen LogP contribution in [-0.2, 0) is 11.3 Å². The van der Waals surface area contributed by atoms with Gasteiger partial charge in [0.15, 0.2) is 5.82 Å². The molecule has 4 nitrogen and oxygen atoms in total. The SMILES string of the molecule is CCCn1c(C(CN)OC)nc2c(F)cccc21. The highest BCUT2D eigenvalue weighted by molar-refractivity contribution is 5.76. The maximum absolute atomic E-state index is 13.7. The fourth-order valence-electron chi connectivity index (χ4n) is 2.14. The van der Waals surface area contributed by atoms with E-state index in [0.29, 0.717) is 17.9 Å². The van der Waals surface area contributed by atoms with E-state index in [1.54, 1.807) is 13.2 Å². The summed E-state index contributed by atoms with van der Waals surface area (Å²) in [5.41, 5.74) is 6.85. The predicted octanol–water partition coefficient (Wildman–Crippen LogP) is 2.23. The van der Waals surface area contributed by atoms with Gasteiger partial charge in [0.2, 0.25) is 0 Å². The third-order valence-electron chi connectivity index (χ3n) is 2.99. The molecule has 1 heterocycles. The highest BCUT2D eigenvalue weighted by Crippen LogP contribution is 2.24. The lowest BCUT2D eigenvalue weighted by molar-refractivity contribution is 0.1000. The van der Waals surface area contributed by atoms with Crippen LogP contribution in [0, 0.1) is 5.82 Å². The van der Waals surface area contributed by atoms with E-state index in [0.717, 1.165) is 18.5 Å². The van der Waals surface area contributed by atoms with Crippen LogP contribution in [-0.4, -0.2) is 23.2 Å². The fraction of sp³-hybridized carbons (Fsp3) is 0.462. The molecule has 2 rings (SSSR count). The molecule has 0 aliphatic carbocycles. The van der Waals surface area contributed by atoms with Gasteiger partial charge in [-0.3, -0.25) is 0 Å². The molecule has 0 radical (unpaired) electrons. The quantitative estimate of drug-likeness (QED) is 0.886. The molecule has 98 valence electrons. The molecule has 0 aliphatic heterocycles. The van der Waals surface area contributed by atoms with Crippen molar-refractivity contribution in [2.45, 2.75) is 26.0 Å². The topological polar surface area (TPSA) is 53.1 Å². The Hall–Kier alpha value is -1.46. The first-order valence-corrected chi connectivity index (χ1v) is 6.10. The van der Waals surface area contributed by atoms with E-state index in [9.17, 15) is 4.39 Å². The van der Waals surface area contributed by atoms with Crippen LogP contribution in [0.5, 0.6) is 0 Å². The summed E-state index contributed by atoms with van der Waals surface area (Å²) in [4.78, 5) is 4.36. The molecular formula is C13H18FN3O. The summed E-state index contributed by atoms with van der Waals surface area (Å²) in [5.74, 6) is 0.387. The van der Waals surface area contributed by atoms with Gasteiger partial charge in [0.05, 0.1) is 5.52 Å². The van der Waals surface area contributed by atoms with Crippen molar-refractivity contribution >= 4 is 11.0 Å². The summed E-state index contributed by atoms with van der Waals surface area (Å²) >= 11 is 0. The number of nitrogens with zero attached hydrogens (tertiary/aromatic N) is 2. The van der Waals surface area contributed by atoms with Crippen molar-refractivity contribution in [2.75, 3.05) is 13.7 Å². The zero-order chi connectivity index (χ0) is 13.1. The second-order valence-electron chi connectivity index (χ2n) is 4.19. The van der Waals surface area contributed by atoms with Crippen molar-refractivity contribution in [3.05, 3.63) is 29.8 Å². The number of methoxy groups -OCH3 is 1. The second kappa shape index (κ2) is 5.46. The first-order chi connectivity index (χ1) is 8.72. The Balaban J connectivity index is 2.64. The van der Waals surface area contributed by atoms with Crippen molar-refractivity contribution in [2.24, 2.45) is 5.73 Å². The Morgan fingerprint density at radius 2 is 2.28 bits per heavy atom. The highest BCUT2D eigenvalue weighted by Gasteiger charge is 2.19. The summed E-state index contributed by atoms with van der Waals surface area (Å²) in [6.45, 7) is 3.17. The van der Waals surface area contributed by atoms with E-state index in [1.807, 2.05) is 10.6 Å². The summed E-state index contributed by atoms with van der Waals surface area (Å²) in [6, 6.07) is 4.98. The zero-order valence-electron chi connectivity index (χ0n) is 10.7. The lowest BCUT2D eigenvalue weighted by atomic mass is 10.3. The molecule has 2 N–H and O–H groups in total. The van der Waals surface area contributed by atoms with Gasteiger partial charge in [0.25, 0.3) is 0 Å². The maximum atomic E-state index is 13.7. The number of hydrogen-bond acceptors (Lipinski definition) is 3. The molecule has 1 aromatic heterocycles. The van der Waals surface area contributed by atoms with Gasteiger partial charge in [-0.05, 0) is 18.6 Å². The summed E-state index contributed by atoms with van der Waals surface area (Å²) in [6.07, 6.45) is 0.638. The minimum atomic E-state index is -0.310. The molecule has 0 spiro atoms. The van der Waals surface area contributed by atoms with Gasteiger partial charge < -0.3 is 15.0 Å². The maximum Gasteiger partial charge on any atom is 0.151 e. The number of nitrogens with two attached hydrogens (primary N) is 1. The average molecular weight is 251 g/mol. The van der Waals surface area contributed by atoms with Crippen LogP contribution < -0.4 is 5.73 Å². The smallest absolute Gasteiger partial charge is 0.151 e. The zero-order valence-corrected chi connectivity index (χ0v) is 10.7. The molecule has 5 heteroatoms. The number of ether oxygens (including phenoxy) is 1. The number of aryl methyl sites for hydroxylation is 1. The van der Waals surface area contributed by atoms with Crippen LogP contribution in [0.1, 0.15) is 25.3 Å². The lowest BCUT2D eigenvalue weighted by Crippen LogP contribution is -2.19. The third-order valence-corrected chi connectivity index (χ3v) is 2.99. The number of benzene rings is 1. The number of aromatic nitrogens is 2. The Labute approximate surface area is 106 Å². The van der Waals surface area contributed by atoms with Crippen LogP contribution in [0.3, 0.4) is 0 Å². The largest absolute Gasteiger partial charge is 0.372 e. The predicted molar refractivity (Wildman–Crippen MR) is 68.8 cm³/mol. The van der Waals surface area contributed by atoms with Gasteiger partial charge in [-0.1, -0.05) is 13.0 Å². The molecule has 1 unspecified atom stereocenters. The van der Waals surface area contributed by atoms with E-state index in [-0.39, 0.29) is 11.9 Å². The number of hydrogen-bond donors (Lipinski definition) is 1. The summed E-state index contributed by atoms with van der Waals surface area (Å²) in [7, 11) is 1.59. The molecule has 0 saturated carbocycles. The van der Waals surface area contributed by atoms with Crippen LogP contribution in [0.15, 0.2) is 18.2 Å². The first kappa shape index (κ1) is 13.0.